The number of benzene rings is 1. The van der Waals surface area contributed by atoms with E-state index >= 15 is 0 Å². The zero-order valence-corrected chi connectivity index (χ0v) is 9.23. The van der Waals surface area contributed by atoms with Crippen LogP contribution in [0.2, 0.25) is 0 Å². The summed E-state index contributed by atoms with van der Waals surface area (Å²) in [6.45, 7) is -0.372. The Morgan fingerprint density at radius 1 is 1.53 bits per heavy atom. The Morgan fingerprint density at radius 3 is 2.60 bits per heavy atom. The molecule has 1 aromatic carbocycles. The summed E-state index contributed by atoms with van der Waals surface area (Å²) in [5.41, 5.74) is 5.46. The van der Waals surface area contributed by atoms with Gasteiger partial charge in [0.25, 0.3) is 0 Å². The van der Waals surface area contributed by atoms with Crippen LogP contribution in [0, 0.1) is 0 Å². The molecule has 0 fully saturated rings. The molecular weight excluding hydrogens is 266 g/mol. The number of hydrogen-bond donors (Lipinski definition) is 4. The van der Waals surface area contributed by atoms with Crippen LogP contribution in [0.15, 0.2) is 16.6 Å². The smallest absolute Gasteiger partial charge is 0.339 e. The van der Waals surface area contributed by atoms with Crippen LogP contribution in [0.1, 0.15) is 22.0 Å². The first-order valence-electron chi connectivity index (χ1n) is 4.09. The van der Waals surface area contributed by atoms with Crippen molar-refractivity contribution in [1.82, 2.24) is 0 Å². The molecule has 0 bridgehead atoms. The number of aliphatic hydroxyl groups is 1. The highest BCUT2D eigenvalue weighted by Crippen LogP contribution is 2.30. The van der Waals surface area contributed by atoms with E-state index in [1.807, 2.05) is 0 Å². The summed E-state index contributed by atoms with van der Waals surface area (Å²) in [4.78, 5) is 10.8. The summed E-state index contributed by atoms with van der Waals surface area (Å²) in [5, 5.41) is 27.2. The first kappa shape index (κ1) is 12.0. The maximum Gasteiger partial charge on any atom is 0.339 e. The van der Waals surface area contributed by atoms with Gasteiger partial charge in [-0.1, -0.05) is 15.9 Å². The number of nitrogens with two attached hydrogens (primary N) is 1. The third-order valence-electron chi connectivity index (χ3n) is 1.93. The van der Waals surface area contributed by atoms with Gasteiger partial charge in [-0.3, -0.25) is 0 Å². The SMILES string of the molecule is N[C@@H](CO)c1cc(Br)cc(C(=O)O)c1O. The summed E-state index contributed by atoms with van der Waals surface area (Å²) >= 11 is 3.10. The van der Waals surface area contributed by atoms with Crippen LogP contribution in [0.3, 0.4) is 0 Å². The average molecular weight is 276 g/mol. The molecule has 1 aromatic rings. The second-order valence-electron chi connectivity index (χ2n) is 2.99. The predicted octanol–water partition coefficient (Wildman–Crippen LogP) is 0.845. The minimum absolute atomic E-state index is 0.198. The maximum atomic E-state index is 10.8. The molecule has 1 atom stereocenters. The second kappa shape index (κ2) is 4.61. The zero-order chi connectivity index (χ0) is 11.6. The summed E-state index contributed by atoms with van der Waals surface area (Å²) in [7, 11) is 0. The fourth-order valence-electron chi connectivity index (χ4n) is 1.16. The molecule has 0 spiro atoms. The first-order valence-corrected chi connectivity index (χ1v) is 4.88. The number of aromatic hydroxyl groups is 1. The molecule has 0 aliphatic carbocycles. The van der Waals surface area contributed by atoms with Gasteiger partial charge in [-0.25, -0.2) is 4.79 Å². The van der Waals surface area contributed by atoms with Crippen molar-refractivity contribution in [3.05, 3.63) is 27.7 Å². The Hall–Kier alpha value is -1.11. The number of rotatable bonds is 3. The molecule has 5 nitrogen and oxygen atoms in total. The van der Waals surface area contributed by atoms with Gasteiger partial charge in [-0.05, 0) is 12.1 Å². The quantitative estimate of drug-likeness (QED) is 0.655. The molecular formula is C9H10BrNO4. The highest BCUT2D eigenvalue weighted by molar-refractivity contribution is 9.10. The maximum absolute atomic E-state index is 10.8. The molecule has 0 unspecified atom stereocenters. The third-order valence-corrected chi connectivity index (χ3v) is 2.39. The van der Waals surface area contributed by atoms with Gasteiger partial charge in [0.05, 0.1) is 12.6 Å². The Labute approximate surface area is 94.3 Å². The highest BCUT2D eigenvalue weighted by Gasteiger charge is 2.18. The van der Waals surface area contributed by atoms with Crippen molar-refractivity contribution in [3.63, 3.8) is 0 Å². The third kappa shape index (κ3) is 2.47. The fourth-order valence-corrected chi connectivity index (χ4v) is 1.64. The van der Waals surface area contributed by atoms with Crippen LogP contribution >= 0.6 is 15.9 Å². The number of carboxylic acids is 1. The molecule has 0 saturated carbocycles. The van der Waals surface area contributed by atoms with Crippen molar-refractivity contribution < 1.29 is 20.1 Å². The minimum atomic E-state index is -1.25. The van der Waals surface area contributed by atoms with E-state index in [1.54, 1.807) is 0 Å². The molecule has 0 aliphatic heterocycles. The van der Waals surface area contributed by atoms with E-state index in [0.29, 0.717) is 4.47 Å². The topological polar surface area (TPSA) is 104 Å². The number of hydrogen-bond acceptors (Lipinski definition) is 4. The molecule has 0 heterocycles. The van der Waals surface area contributed by atoms with Crippen LogP contribution in [-0.4, -0.2) is 27.9 Å². The minimum Gasteiger partial charge on any atom is -0.507 e. The van der Waals surface area contributed by atoms with Gasteiger partial charge < -0.3 is 21.1 Å². The monoisotopic (exact) mass is 275 g/mol. The van der Waals surface area contributed by atoms with E-state index in [0.717, 1.165) is 0 Å². The summed E-state index contributed by atoms with van der Waals surface area (Å²) in [5.74, 6) is -1.66. The van der Waals surface area contributed by atoms with Crippen molar-refractivity contribution in [1.29, 1.82) is 0 Å². The van der Waals surface area contributed by atoms with E-state index in [-0.39, 0.29) is 17.7 Å². The van der Waals surface area contributed by atoms with E-state index in [9.17, 15) is 9.90 Å². The zero-order valence-electron chi connectivity index (χ0n) is 7.64. The number of halogens is 1. The summed E-state index contributed by atoms with van der Waals surface area (Å²) < 4.78 is 0.483. The Bertz CT molecular complexity index is 394. The van der Waals surface area contributed by atoms with Gasteiger partial charge in [-0.2, -0.15) is 0 Å². The van der Waals surface area contributed by atoms with Crippen LogP contribution in [-0.2, 0) is 0 Å². The van der Waals surface area contributed by atoms with Crippen LogP contribution in [0.25, 0.3) is 0 Å². The van der Waals surface area contributed by atoms with Gasteiger partial charge >= 0.3 is 5.97 Å². The number of carbonyl (C=O) groups is 1. The predicted molar refractivity (Wildman–Crippen MR) is 56.8 cm³/mol. The van der Waals surface area contributed by atoms with Crippen molar-refractivity contribution in [2.45, 2.75) is 6.04 Å². The van der Waals surface area contributed by atoms with E-state index in [2.05, 4.69) is 15.9 Å². The highest BCUT2D eigenvalue weighted by atomic mass is 79.9. The van der Waals surface area contributed by atoms with Crippen molar-refractivity contribution in [2.75, 3.05) is 6.61 Å². The van der Waals surface area contributed by atoms with Crippen LogP contribution in [0.4, 0.5) is 0 Å². The van der Waals surface area contributed by atoms with Crippen LogP contribution < -0.4 is 5.73 Å². The number of phenols is 1. The van der Waals surface area contributed by atoms with Crippen LogP contribution in [0.5, 0.6) is 5.75 Å². The normalized spacial score (nSPS) is 12.5. The number of carboxylic acid groups (broad SMARTS) is 1. The Morgan fingerprint density at radius 2 is 2.13 bits per heavy atom. The molecule has 5 N–H and O–H groups in total. The molecule has 0 aliphatic rings. The lowest BCUT2D eigenvalue weighted by molar-refractivity contribution is 0.0693. The van der Waals surface area contributed by atoms with Gasteiger partial charge in [-0.15, -0.1) is 0 Å². The average Bonchev–Trinajstić information content (AvgIpc) is 2.19. The van der Waals surface area contributed by atoms with Crippen molar-refractivity contribution in [3.8, 4) is 5.75 Å². The Balaban J connectivity index is 3.34. The largest absolute Gasteiger partial charge is 0.507 e. The lowest BCUT2D eigenvalue weighted by Crippen LogP contribution is -2.15. The number of aliphatic hydroxyl groups excluding tert-OH is 1. The van der Waals surface area contributed by atoms with Crippen molar-refractivity contribution >= 4 is 21.9 Å². The molecule has 1 rings (SSSR count). The van der Waals surface area contributed by atoms with E-state index < -0.39 is 17.8 Å². The molecule has 0 aromatic heterocycles. The standard InChI is InChI=1S/C9H10BrNO4/c10-4-1-5(7(11)3-12)8(13)6(2-4)9(14)15/h1-2,7,12-13H,3,11H2,(H,14,15)/t7-/m0/s1. The first-order chi connectivity index (χ1) is 6.97. The second-order valence-corrected chi connectivity index (χ2v) is 3.90. The van der Waals surface area contributed by atoms with Gasteiger partial charge in [0.2, 0.25) is 0 Å². The Kier molecular flexibility index (Phi) is 3.67. The summed E-state index contributed by atoms with van der Waals surface area (Å²) in [6, 6.07) is 1.94. The molecule has 6 heteroatoms. The van der Waals surface area contributed by atoms with Gasteiger partial charge in [0.15, 0.2) is 0 Å². The van der Waals surface area contributed by atoms with Gasteiger partial charge in [0, 0.05) is 10.0 Å². The molecule has 0 amide bonds. The molecule has 0 saturated heterocycles. The lowest BCUT2D eigenvalue weighted by Gasteiger charge is -2.13. The number of aromatic carboxylic acids is 1. The fraction of sp³-hybridized carbons (Fsp3) is 0.222. The summed E-state index contributed by atoms with van der Waals surface area (Å²) in [6.07, 6.45) is 0. The molecule has 15 heavy (non-hydrogen) atoms. The van der Waals surface area contributed by atoms with E-state index in [4.69, 9.17) is 15.9 Å². The van der Waals surface area contributed by atoms with Gasteiger partial charge in [0.1, 0.15) is 11.3 Å². The van der Waals surface area contributed by atoms with Crippen molar-refractivity contribution in [2.24, 2.45) is 5.73 Å². The molecule has 82 valence electrons. The molecule has 0 radical (unpaired) electrons. The van der Waals surface area contributed by atoms with E-state index in [1.165, 1.54) is 12.1 Å². The lowest BCUT2D eigenvalue weighted by atomic mass is 10.0.